The van der Waals surface area contributed by atoms with E-state index in [2.05, 4.69) is 15.8 Å². The lowest BCUT2D eigenvalue weighted by Crippen LogP contribution is -2.48. The first-order valence-corrected chi connectivity index (χ1v) is 12.4. The normalized spacial score (nSPS) is 11.8. The number of amides is 2. The Kier molecular flexibility index (Phi) is 11.6. The number of hydrazone groups is 1. The summed E-state index contributed by atoms with van der Waals surface area (Å²) in [6.07, 6.45) is 1.43. The molecule has 1 atom stereocenters. The number of benzene rings is 2. The minimum atomic E-state index is -0.863. The Morgan fingerprint density at radius 3 is 2.39 bits per heavy atom. The van der Waals surface area contributed by atoms with E-state index in [0.29, 0.717) is 27.2 Å². The lowest BCUT2D eigenvalue weighted by Gasteiger charge is -2.20. The average molecular weight is 613 g/mol. The highest BCUT2D eigenvalue weighted by molar-refractivity contribution is 14.1. The van der Waals surface area contributed by atoms with Crippen LogP contribution < -0.4 is 20.2 Å². The van der Waals surface area contributed by atoms with E-state index in [9.17, 15) is 18.8 Å². The summed E-state index contributed by atoms with van der Waals surface area (Å²) in [5, 5.41) is 6.66. The van der Waals surface area contributed by atoms with E-state index in [1.807, 2.05) is 29.5 Å². The summed E-state index contributed by atoms with van der Waals surface area (Å²) in [6, 6.07) is 7.58. The van der Waals surface area contributed by atoms with E-state index in [4.69, 9.17) is 14.2 Å². The van der Waals surface area contributed by atoms with Gasteiger partial charge in [0.15, 0.2) is 18.1 Å². The number of ether oxygens (including phenoxy) is 3. The van der Waals surface area contributed by atoms with Gasteiger partial charge in [-0.05, 0) is 84.3 Å². The van der Waals surface area contributed by atoms with Crippen LogP contribution in [0, 0.1) is 15.3 Å². The van der Waals surface area contributed by atoms with Gasteiger partial charge in [-0.25, -0.2) is 14.6 Å². The first-order valence-electron chi connectivity index (χ1n) is 11.3. The van der Waals surface area contributed by atoms with Crippen LogP contribution in [0.25, 0.3) is 0 Å². The number of rotatable bonds is 12. The molecule has 1 unspecified atom stereocenters. The third-order valence-corrected chi connectivity index (χ3v) is 5.50. The fourth-order valence-corrected chi connectivity index (χ4v) is 3.78. The van der Waals surface area contributed by atoms with Gasteiger partial charge < -0.3 is 19.5 Å². The van der Waals surface area contributed by atoms with Gasteiger partial charge in [0.25, 0.3) is 11.8 Å². The van der Waals surface area contributed by atoms with Crippen LogP contribution in [0.1, 0.15) is 43.6 Å². The quantitative estimate of drug-likeness (QED) is 0.164. The van der Waals surface area contributed by atoms with Gasteiger partial charge in [0, 0.05) is 5.56 Å². The van der Waals surface area contributed by atoms with Gasteiger partial charge in [0.05, 0.1) is 23.0 Å². The number of nitrogens with one attached hydrogen (secondary N) is 2. The van der Waals surface area contributed by atoms with Crippen molar-refractivity contribution in [3.05, 3.63) is 56.9 Å². The molecule has 0 heterocycles. The maximum absolute atomic E-state index is 13.1. The minimum absolute atomic E-state index is 0.231. The highest BCUT2D eigenvalue weighted by Crippen LogP contribution is 2.34. The summed E-state index contributed by atoms with van der Waals surface area (Å²) in [7, 11) is 0. The fourth-order valence-electron chi connectivity index (χ4n) is 3.00. The van der Waals surface area contributed by atoms with E-state index < -0.39 is 29.6 Å². The molecule has 2 aromatic rings. The Morgan fingerprint density at radius 1 is 1.08 bits per heavy atom. The molecule has 11 heteroatoms. The second-order valence-corrected chi connectivity index (χ2v) is 8.96. The fraction of sp³-hybridized carbons (Fsp3) is 0.360. The molecule has 2 aromatic carbocycles. The van der Waals surface area contributed by atoms with Crippen LogP contribution in [0.2, 0.25) is 0 Å². The first-order chi connectivity index (χ1) is 17.2. The molecule has 0 spiro atoms. The molecule has 0 bridgehead atoms. The monoisotopic (exact) mass is 613 g/mol. The van der Waals surface area contributed by atoms with Crippen LogP contribution in [-0.2, 0) is 14.3 Å². The molecule has 0 saturated carbocycles. The highest BCUT2D eigenvalue weighted by atomic mass is 127. The molecule has 0 saturated heterocycles. The van der Waals surface area contributed by atoms with Crippen LogP contribution in [0.4, 0.5) is 4.39 Å². The van der Waals surface area contributed by atoms with Gasteiger partial charge in [-0.3, -0.25) is 9.59 Å². The van der Waals surface area contributed by atoms with Crippen LogP contribution in [-0.4, -0.2) is 49.9 Å². The molecular formula is C25H29FIN3O6. The Hall–Kier alpha value is -3.22. The number of hydrogen-bond acceptors (Lipinski definition) is 7. The number of halogens is 2. The van der Waals surface area contributed by atoms with Crippen LogP contribution in [0.3, 0.4) is 0 Å². The number of esters is 1. The molecule has 9 nitrogen and oxygen atoms in total. The van der Waals surface area contributed by atoms with Crippen LogP contribution >= 0.6 is 22.6 Å². The lowest BCUT2D eigenvalue weighted by molar-refractivity contribution is -0.145. The third kappa shape index (κ3) is 8.77. The average Bonchev–Trinajstić information content (AvgIpc) is 2.82. The summed E-state index contributed by atoms with van der Waals surface area (Å²) in [5.41, 5.74) is 3.29. The van der Waals surface area contributed by atoms with Gasteiger partial charge in [-0.2, -0.15) is 5.10 Å². The third-order valence-electron chi connectivity index (χ3n) is 4.70. The van der Waals surface area contributed by atoms with Crippen molar-refractivity contribution in [2.75, 3.05) is 19.8 Å². The molecule has 36 heavy (non-hydrogen) atoms. The molecule has 0 aliphatic carbocycles. The van der Waals surface area contributed by atoms with Gasteiger partial charge in [-0.1, -0.05) is 13.8 Å². The Balaban J connectivity index is 2.09. The van der Waals surface area contributed by atoms with E-state index in [0.717, 1.165) is 0 Å². The van der Waals surface area contributed by atoms with Crippen LogP contribution in [0.15, 0.2) is 41.5 Å². The molecule has 0 aromatic heterocycles. The number of hydrogen-bond donors (Lipinski definition) is 2. The zero-order valence-electron chi connectivity index (χ0n) is 20.5. The molecule has 0 radical (unpaired) electrons. The largest absolute Gasteiger partial charge is 0.490 e. The number of carbonyl (C=O) groups is 3. The predicted octanol–water partition coefficient (Wildman–Crippen LogP) is 3.68. The maximum Gasteiger partial charge on any atom is 0.344 e. The Labute approximate surface area is 222 Å². The van der Waals surface area contributed by atoms with Crippen molar-refractivity contribution in [1.82, 2.24) is 10.7 Å². The van der Waals surface area contributed by atoms with E-state index >= 15 is 0 Å². The molecule has 0 aliphatic rings. The first kappa shape index (κ1) is 29.0. The molecule has 2 amide bonds. The molecule has 2 rings (SSSR count). The van der Waals surface area contributed by atoms with Gasteiger partial charge in [0.2, 0.25) is 0 Å². The summed E-state index contributed by atoms with van der Waals surface area (Å²) < 4.78 is 29.9. The van der Waals surface area contributed by atoms with Crippen molar-refractivity contribution >= 4 is 46.6 Å². The van der Waals surface area contributed by atoms with Gasteiger partial charge in [-0.15, -0.1) is 0 Å². The van der Waals surface area contributed by atoms with Crippen molar-refractivity contribution in [1.29, 1.82) is 0 Å². The smallest absolute Gasteiger partial charge is 0.344 e. The number of carbonyl (C=O) groups excluding carboxylic acids is 3. The summed E-state index contributed by atoms with van der Waals surface area (Å²) in [4.78, 5) is 36.8. The second kappa shape index (κ2) is 14.4. The van der Waals surface area contributed by atoms with Crippen molar-refractivity contribution in [2.45, 2.75) is 33.7 Å². The second-order valence-electron chi connectivity index (χ2n) is 7.79. The standard InChI is InChI=1S/C25H29FIN3O6/c1-5-34-20-12-16(11-19(27)23(20)36-14-21(31)35-6-2)13-28-30-25(33)22(15(3)4)29-24(32)17-7-9-18(26)10-8-17/h7-13,15,22H,5-6,14H2,1-4H3,(H,29,32)(H,30,33)/b28-13+. The summed E-state index contributed by atoms with van der Waals surface area (Å²) >= 11 is 2.05. The van der Waals surface area contributed by atoms with Crippen molar-refractivity contribution in [3.63, 3.8) is 0 Å². The predicted molar refractivity (Wildman–Crippen MR) is 141 cm³/mol. The molecule has 0 aliphatic heterocycles. The molecular weight excluding hydrogens is 584 g/mol. The Bertz CT molecular complexity index is 1090. The molecule has 194 valence electrons. The summed E-state index contributed by atoms with van der Waals surface area (Å²) in [6.45, 7) is 7.46. The zero-order chi connectivity index (χ0) is 26.7. The summed E-state index contributed by atoms with van der Waals surface area (Å²) in [5.74, 6) is -1.38. The lowest BCUT2D eigenvalue weighted by atomic mass is 10.0. The topological polar surface area (TPSA) is 115 Å². The van der Waals surface area contributed by atoms with Gasteiger partial charge in [0.1, 0.15) is 11.9 Å². The zero-order valence-corrected chi connectivity index (χ0v) is 22.6. The van der Waals surface area contributed by atoms with Crippen molar-refractivity contribution in [3.8, 4) is 11.5 Å². The van der Waals surface area contributed by atoms with Crippen LogP contribution in [0.5, 0.6) is 11.5 Å². The van der Waals surface area contributed by atoms with Crippen molar-refractivity contribution in [2.24, 2.45) is 11.0 Å². The highest BCUT2D eigenvalue weighted by Gasteiger charge is 2.24. The minimum Gasteiger partial charge on any atom is -0.490 e. The maximum atomic E-state index is 13.1. The van der Waals surface area contributed by atoms with Gasteiger partial charge >= 0.3 is 5.97 Å². The van der Waals surface area contributed by atoms with E-state index in [-0.39, 0.29) is 24.7 Å². The SMILES string of the molecule is CCOC(=O)COc1c(I)cc(/C=N/NC(=O)C(NC(=O)c2ccc(F)cc2)C(C)C)cc1OCC. The Morgan fingerprint density at radius 2 is 1.78 bits per heavy atom. The number of nitrogens with zero attached hydrogens (tertiary/aromatic N) is 1. The van der Waals surface area contributed by atoms with E-state index in [1.165, 1.54) is 30.5 Å². The van der Waals surface area contributed by atoms with E-state index in [1.54, 1.807) is 32.9 Å². The van der Waals surface area contributed by atoms with Crippen molar-refractivity contribution < 1.29 is 33.0 Å². The molecule has 2 N–H and O–H groups in total. The molecule has 0 fully saturated rings.